The first-order valence-corrected chi connectivity index (χ1v) is 6.60. The van der Waals surface area contributed by atoms with E-state index in [2.05, 4.69) is 5.32 Å². The number of ether oxygens (including phenoxy) is 1. The zero-order valence-electron chi connectivity index (χ0n) is 11.1. The Morgan fingerprint density at radius 1 is 1.40 bits per heavy atom. The van der Waals surface area contributed by atoms with Gasteiger partial charge in [-0.2, -0.15) is 0 Å². The van der Waals surface area contributed by atoms with E-state index in [0.29, 0.717) is 12.3 Å². The van der Waals surface area contributed by atoms with Gasteiger partial charge in [-0.15, -0.1) is 0 Å². The molecule has 0 radical (unpaired) electrons. The number of hydrogen-bond acceptors (Lipinski definition) is 4. The predicted octanol–water partition coefficient (Wildman–Crippen LogP) is 1.86. The molecule has 1 aromatic carbocycles. The van der Waals surface area contributed by atoms with Crippen molar-refractivity contribution in [1.29, 1.82) is 0 Å². The molecule has 1 aliphatic heterocycles. The quantitative estimate of drug-likeness (QED) is 0.730. The summed E-state index contributed by atoms with van der Waals surface area (Å²) in [6, 6.07) is 4.38. The lowest BCUT2D eigenvalue weighted by Gasteiger charge is -2.22. The molecule has 0 saturated carbocycles. The second-order valence-corrected chi connectivity index (χ2v) is 4.85. The number of carbonyl (C=O) groups excluding carboxylic acids is 1. The molecule has 6 nitrogen and oxygen atoms in total. The van der Waals surface area contributed by atoms with Crippen molar-refractivity contribution in [3.05, 3.63) is 23.8 Å². The van der Waals surface area contributed by atoms with E-state index >= 15 is 0 Å². The highest BCUT2D eigenvalue weighted by Gasteiger charge is 2.19. The molecule has 108 valence electrons. The molecule has 1 unspecified atom stereocenters. The van der Waals surface area contributed by atoms with E-state index < -0.39 is 5.97 Å². The maximum absolute atomic E-state index is 11.9. The Labute approximate surface area is 116 Å². The number of aromatic carboxylic acids is 1. The molecule has 1 heterocycles. The van der Waals surface area contributed by atoms with Crippen molar-refractivity contribution in [2.24, 2.45) is 0 Å². The topological polar surface area (TPSA) is 102 Å². The normalized spacial score (nSPS) is 18.5. The molecule has 1 atom stereocenters. The summed E-state index contributed by atoms with van der Waals surface area (Å²) in [5, 5.41) is 11.7. The van der Waals surface area contributed by atoms with Gasteiger partial charge in [0.05, 0.1) is 23.8 Å². The van der Waals surface area contributed by atoms with Crippen LogP contribution in [0.4, 0.5) is 11.4 Å². The summed E-state index contributed by atoms with van der Waals surface area (Å²) in [5.41, 5.74) is 6.14. The van der Waals surface area contributed by atoms with Crippen molar-refractivity contribution in [3.63, 3.8) is 0 Å². The highest BCUT2D eigenvalue weighted by molar-refractivity contribution is 6.01. The van der Waals surface area contributed by atoms with Gasteiger partial charge in [-0.3, -0.25) is 4.79 Å². The fourth-order valence-electron chi connectivity index (χ4n) is 2.22. The molecule has 1 amide bonds. The Balaban J connectivity index is 2.01. The summed E-state index contributed by atoms with van der Waals surface area (Å²) in [4.78, 5) is 23.0. The minimum Gasteiger partial charge on any atom is -0.478 e. The zero-order chi connectivity index (χ0) is 14.5. The fourth-order valence-corrected chi connectivity index (χ4v) is 2.22. The van der Waals surface area contributed by atoms with Crippen LogP contribution in [-0.4, -0.2) is 29.7 Å². The summed E-state index contributed by atoms with van der Waals surface area (Å²) >= 11 is 0. The molecule has 0 spiro atoms. The number of anilines is 2. The van der Waals surface area contributed by atoms with Crippen LogP contribution in [0.3, 0.4) is 0 Å². The van der Waals surface area contributed by atoms with Gasteiger partial charge in [-0.1, -0.05) is 0 Å². The molecular weight excluding hydrogens is 260 g/mol. The van der Waals surface area contributed by atoms with E-state index in [1.807, 2.05) is 0 Å². The van der Waals surface area contributed by atoms with Gasteiger partial charge < -0.3 is 20.9 Å². The van der Waals surface area contributed by atoms with Crippen molar-refractivity contribution < 1.29 is 19.4 Å². The average Bonchev–Trinajstić information content (AvgIpc) is 2.41. The van der Waals surface area contributed by atoms with Crippen molar-refractivity contribution in [2.75, 3.05) is 17.7 Å². The third kappa shape index (κ3) is 3.71. The van der Waals surface area contributed by atoms with E-state index in [1.165, 1.54) is 12.1 Å². The van der Waals surface area contributed by atoms with Gasteiger partial charge >= 0.3 is 5.97 Å². The molecule has 1 saturated heterocycles. The standard InChI is InChI=1S/C14H18N2O4/c15-9-4-5-12(11(7-9)14(18)19)16-13(17)8-10-3-1-2-6-20-10/h4-5,7,10H,1-3,6,8,15H2,(H,16,17)(H,18,19). The van der Waals surface area contributed by atoms with Gasteiger partial charge in [0.25, 0.3) is 0 Å². The Morgan fingerprint density at radius 2 is 2.20 bits per heavy atom. The van der Waals surface area contributed by atoms with Gasteiger partial charge in [0.15, 0.2) is 0 Å². The number of nitrogens with one attached hydrogen (secondary N) is 1. The molecule has 2 rings (SSSR count). The lowest BCUT2D eigenvalue weighted by Crippen LogP contribution is -2.26. The summed E-state index contributed by atoms with van der Waals surface area (Å²) < 4.78 is 5.49. The van der Waals surface area contributed by atoms with E-state index in [4.69, 9.17) is 15.6 Å². The molecule has 0 aliphatic carbocycles. The van der Waals surface area contributed by atoms with Crippen LogP contribution >= 0.6 is 0 Å². The maximum Gasteiger partial charge on any atom is 0.337 e. The van der Waals surface area contributed by atoms with Gasteiger partial charge in [0.2, 0.25) is 5.91 Å². The van der Waals surface area contributed by atoms with Gasteiger partial charge in [-0.25, -0.2) is 4.79 Å². The lowest BCUT2D eigenvalue weighted by atomic mass is 10.1. The van der Waals surface area contributed by atoms with Crippen LogP contribution < -0.4 is 11.1 Å². The van der Waals surface area contributed by atoms with E-state index in [9.17, 15) is 9.59 Å². The van der Waals surface area contributed by atoms with Crippen molar-refractivity contribution in [2.45, 2.75) is 31.8 Å². The van der Waals surface area contributed by atoms with Crippen LogP contribution in [0.25, 0.3) is 0 Å². The third-order valence-electron chi connectivity index (χ3n) is 3.24. The molecular formula is C14H18N2O4. The minimum absolute atomic E-state index is 0.0112. The molecule has 0 aromatic heterocycles. The number of carbonyl (C=O) groups is 2. The van der Waals surface area contributed by atoms with Gasteiger partial charge in [0.1, 0.15) is 0 Å². The number of hydrogen-bond donors (Lipinski definition) is 3. The lowest BCUT2D eigenvalue weighted by molar-refractivity contribution is -0.119. The second kappa shape index (κ2) is 6.38. The van der Waals surface area contributed by atoms with Gasteiger partial charge in [0, 0.05) is 12.3 Å². The highest BCUT2D eigenvalue weighted by Crippen LogP contribution is 2.21. The van der Waals surface area contributed by atoms with Crippen LogP contribution in [0, 0.1) is 0 Å². The fraction of sp³-hybridized carbons (Fsp3) is 0.429. The Bertz CT molecular complexity index is 510. The van der Waals surface area contributed by atoms with E-state index in [0.717, 1.165) is 19.3 Å². The first-order valence-electron chi connectivity index (χ1n) is 6.60. The van der Waals surface area contributed by atoms with Crippen LogP contribution in [0.5, 0.6) is 0 Å². The largest absolute Gasteiger partial charge is 0.478 e. The van der Waals surface area contributed by atoms with E-state index in [-0.39, 0.29) is 29.7 Å². The first-order chi connectivity index (χ1) is 9.56. The molecule has 0 bridgehead atoms. The SMILES string of the molecule is Nc1ccc(NC(=O)CC2CCCCO2)c(C(=O)O)c1. The van der Waals surface area contributed by atoms with Crippen molar-refractivity contribution >= 4 is 23.3 Å². The monoisotopic (exact) mass is 278 g/mol. The molecule has 4 N–H and O–H groups in total. The summed E-state index contributed by atoms with van der Waals surface area (Å²) in [5.74, 6) is -1.37. The average molecular weight is 278 g/mol. The number of benzene rings is 1. The van der Waals surface area contributed by atoms with E-state index in [1.54, 1.807) is 6.07 Å². The Morgan fingerprint density at radius 3 is 2.85 bits per heavy atom. The number of nitrogen functional groups attached to an aromatic ring is 1. The molecule has 1 fully saturated rings. The highest BCUT2D eigenvalue weighted by atomic mass is 16.5. The number of amides is 1. The molecule has 20 heavy (non-hydrogen) atoms. The van der Waals surface area contributed by atoms with Crippen LogP contribution in [0.1, 0.15) is 36.0 Å². The Hall–Kier alpha value is -2.08. The maximum atomic E-state index is 11.9. The second-order valence-electron chi connectivity index (χ2n) is 4.85. The van der Waals surface area contributed by atoms with Crippen molar-refractivity contribution in [1.82, 2.24) is 0 Å². The minimum atomic E-state index is -1.12. The summed E-state index contributed by atoms with van der Waals surface area (Å²) in [7, 11) is 0. The Kier molecular flexibility index (Phi) is 4.57. The molecule has 1 aliphatic rings. The third-order valence-corrected chi connectivity index (χ3v) is 3.24. The zero-order valence-corrected chi connectivity index (χ0v) is 11.1. The smallest absolute Gasteiger partial charge is 0.337 e. The number of carboxylic acids is 1. The number of rotatable bonds is 4. The summed E-state index contributed by atoms with van der Waals surface area (Å²) in [6.07, 6.45) is 3.11. The summed E-state index contributed by atoms with van der Waals surface area (Å²) in [6.45, 7) is 0.681. The predicted molar refractivity (Wildman–Crippen MR) is 74.7 cm³/mol. The first kappa shape index (κ1) is 14.3. The van der Waals surface area contributed by atoms with Crippen LogP contribution in [0.15, 0.2) is 18.2 Å². The number of nitrogens with two attached hydrogens (primary N) is 1. The van der Waals surface area contributed by atoms with Gasteiger partial charge in [-0.05, 0) is 37.5 Å². The van der Waals surface area contributed by atoms with Crippen LogP contribution in [-0.2, 0) is 9.53 Å². The van der Waals surface area contributed by atoms with Crippen molar-refractivity contribution in [3.8, 4) is 0 Å². The van der Waals surface area contributed by atoms with Crippen LogP contribution in [0.2, 0.25) is 0 Å². The molecule has 6 heteroatoms. The molecule has 1 aromatic rings. The number of carboxylic acid groups (broad SMARTS) is 1.